The van der Waals surface area contributed by atoms with Gasteiger partial charge in [0.1, 0.15) is 0 Å². The third kappa shape index (κ3) is 3.34. The second-order valence-electron chi connectivity index (χ2n) is 4.77. The number of amides is 1. The summed E-state index contributed by atoms with van der Waals surface area (Å²) < 4.78 is 5.23. The number of nitrogens with two attached hydrogens (primary N) is 1. The zero-order valence-electron chi connectivity index (χ0n) is 12.3. The molecule has 3 N–H and O–H groups in total. The van der Waals surface area contributed by atoms with Gasteiger partial charge in [0.05, 0.1) is 24.4 Å². The number of carbonyl (C=O) groups excluding carboxylic acids is 1. The molecule has 1 amide bonds. The number of rotatable bonds is 5. The first-order valence-corrected chi connectivity index (χ1v) is 6.95. The number of carbonyl (C=O) groups is 1. The van der Waals surface area contributed by atoms with E-state index in [-0.39, 0.29) is 11.9 Å². The molecule has 2 aromatic rings. The van der Waals surface area contributed by atoms with Gasteiger partial charge in [-0.3, -0.25) is 4.79 Å². The Labute approximate surface area is 124 Å². The molecule has 0 aliphatic rings. The average Bonchev–Trinajstić information content (AvgIpc) is 2.53. The Morgan fingerprint density at radius 1 is 1.19 bits per heavy atom. The fourth-order valence-corrected chi connectivity index (χ4v) is 2.30. The minimum absolute atomic E-state index is 0.0372. The summed E-state index contributed by atoms with van der Waals surface area (Å²) in [6.07, 6.45) is 0.806. The Kier molecular flexibility index (Phi) is 4.82. The smallest absolute Gasteiger partial charge is 0.255 e. The number of nitrogen functional groups attached to an aromatic ring is 1. The van der Waals surface area contributed by atoms with Crippen LogP contribution >= 0.6 is 0 Å². The number of para-hydroxylation sites is 1. The Bertz CT molecular complexity index is 611. The van der Waals surface area contributed by atoms with Crippen LogP contribution in [0.25, 0.3) is 0 Å². The van der Waals surface area contributed by atoms with Crippen LogP contribution in [-0.2, 0) is 0 Å². The van der Waals surface area contributed by atoms with Crippen molar-refractivity contribution in [3.63, 3.8) is 0 Å². The van der Waals surface area contributed by atoms with Crippen LogP contribution in [0.3, 0.4) is 0 Å². The van der Waals surface area contributed by atoms with Crippen molar-refractivity contribution in [1.82, 2.24) is 5.32 Å². The summed E-state index contributed by atoms with van der Waals surface area (Å²) in [5.41, 5.74) is 7.83. The maximum Gasteiger partial charge on any atom is 0.255 e. The van der Waals surface area contributed by atoms with Gasteiger partial charge in [-0.05, 0) is 24.1 Å². The monoisotopic (exact) mass is 284 g/mol. The van der Waals surface area contributed by atoms with Crippen LogP contribution in [-0.4, -0.2) is 13.0 Å². The summed E-state index contributed by atoms with van der Waals surface area (Å²) in [5.74, 6) is 0.229. The van der Waals surface area contributed by atoms with Crippen molar-refractivity contribution in [3.05, 3.63) is 59.7 Å². The lowest BCUT2D eigenvalue weighted by atomic mass is 10.0. The summed E-state index contributed by atoms with van der Waals surface area (Å²) >= 11 is 0. The van der Waals surface area contributed by atoms with Crippen molar-refractivity contribution in [2.75, 3.05) is 12.8 Å². The second-order valence-corrected chi connectivity index (χ2v) is 4.77. The summed E-state index contributed by atoms with van der Waals surface area (Å²) in [5, 5.41) is 3.03. The molecular weight excluding hydrogens is 264 g/mol. The average molecular weight is 284 g/mol. The molecule has 0 saturated carbocycles. The third-order valence-corrected chi connectivity index (χ3v) is 3.41. The lowest BCUT2D eigenvalue weighted by Crippen LogP contribution is -2.28. The zero-order valence-corrected chi connectivity index (χ0v) is 12.3. The fourth-order valence-electron chi connectivity index (χ4n) is 2.30. The molecule has 0 aliphatic heterocycles. The summed E-state index contributed by atoms with van der Waals surface area (Å²) in [6.45, 7) is 2.04. The molecule has 0 heterocycles. The highest BCUT2D eigenvalue weighted by Gasteiger charge is 2.18. The van der Waals surface area contributed by atoms with Gasteiger partial charge >= 0.3 is 0 Å². The highest BCUT2D eigenvalue weighted by atomic mass is 16.5. The summed E-state index contributed by atoms with van der Waals surface area (Å²) in [4.78, 5) is 12.5. The molecule has 0 bridgehead atoms. The van der Waals surface area contributed by atoms with Gasteiger partial charge in [-0.25, -0.2) is 0 Å². The third-order valence-electron chi connectivity index (χ3n) is 3.41. The molecule has 0 spiro atoms. The highest BCUT2D eigenvalue weighted by molar-refractivity contribution is 5.98. The van der Waals surface area contributed by atoms with E-state index in [2.05, 4.69) is 5.32 Å². The largest absolute Gasteiger partial charge is 0.494 e. The Hall–Kier alpha value is -2.49. The molecule has 0 saturated heterocycles. The molecule has 0 radical (unpaired) electrons. The molecular formula is C17H20N2O2. The van der Waals surface area contributed by atoms with E-state index in [1.54, 1.807) is 18.2 Å². The predicted octanol–water partition coefficient (Wildman–Crippen LogP) is 3.16. The molecule has 0 aliphatic carbocycles. The van der Waals surface area contributed by atoms with Crippen LogP contribution in [0, 0.1) is 0 Å². The van der Waals surface area contributed by atoms with Gasteiger partial charge in [-0.1, -0.05) is 43.3 Å². The van der Waals surface area contributed by atoms with Crippen molar-refractivity contribution in [3.8, 4) is 5.75 Å². The van der Waals surface area contributed by atoms with Gasteiger partial charge in [0.2, 0.25) is 0 Å². The number of methoxy groups -OCH3 is 1. The molecule has 110 valence electrons. The predicted molar refractivity (Wildman–Crippen MR) is 84.3 cm³/mol. The molecule has 2 rings (SSSR count). The Morgan fingerprint density at radius 2 is 1.90 bits per heavy atom. The zero-order chi connectivity index (χ0) is 15.2. The number of hydrogen-bond acceptors (Lipinski definition) is 3. The molecule has 1 atom stereocenters. The van der Waals surface area contributed by atoms with Crippen molar-refractivity contribution < 1.29 is 9.53 Å². The van der Waals surface area contributed by atoms with Crippen LogP contribution in [0.5, 0.6) is 5.75 Å². The Balaban J connectivity index is 2.23. The quantitative estimate of drug-likeness (QED) is 0.829. The van der Waals surface area contributed by atoms with Gasteiger partial charge in [-0.2, -0.15) is 0 Å². The van der Waals surface area contributed by atoms with E-state index in [0.29, 0.717) is 17.0 Å². The standard InChI is InChI=1S/C17H20N2O2/c1-3-15(12-8-5-4-6-9-12)19-17(20)13-10-7-11-14(18)16(13)21-2/h4-11,15H,3,18H2,1-2H3,(H,19,20). The van der Waals surface area contributed by atoms with Gasteiger partial charge in [0, 0.05) is 0 Å². The van der Waals surface area contributed by atoms with E-state index >= 15 is 0 Å². The lowest BCUT2D eigenvalue weighted by molar-refractivity contribution is 0.0932. The van der Waals surface area contributed by atoms with Crippen LogP contribution in [0.1, 0.15) is 35.3 Å². The number of benzene rings is 2. The molecule has 0 fully saturated rings. The van der Waals surface area contributed by atoms with E-state index in [4.69, 9.17) is 10.5 Å². The molecule has 4 heteroatoms. The fraction of sp³-hybridized carbons (Fsp3) is 0.235. The maximum absolute atomic E-state index is 12.5. The van der Waals surface area contributed by atoms with Crippen molar-refractivity contribution >= 4 is 11.6 Å². The molecule has 0 aromatic heterocycles. The SMILES string of the molecule is CCC(NC(=O)c1cccc(N)c1OC)c1ccccc1. The number of anilines is 1. The van der Waals surface area contributed by atoms with Crippen LogP contribution in [0.15, 0.2) is 48.5 Å². The van der Waals surface area contributed by atoms with Gasteiger partial charge < -0.3 is 15.8 Å². The molecule has 2 aromatic carbocycles. The topological polar surface area (TPSA) is 64.4 Å². The maximum atomic E-state index is 12.5. The molecule has 4 nitrogen and oxygen atoms in total. The second kappa shape index (κ2) is 6.79. The lowest BCUT2D eigenvalue weighted by Gasteiger charge is -2.18. The minimum atomic E-state index is -0.185. The minimum Gasteiger partial charge on any atom is -0.494 e. The normalized spacial score (nSPS) is 11.7. The van der Waals surface area contributed by atoms with Crippen LogP contribution in [0.2, 0.25) is 0 Å². The summed E-state index contributed by atoms with van der Waals surface area (Å²) in [6, 6.07) is 15.0. The van der Waals surface area contributed by atoms with Gasteiger partial charge in [-0.15, -0.1) is 0 Å². The van der Waals surface area contributed by atoms with Crippen molar-refractivity contribution in [1.29, 1.82) is 0 Å². The van der Waals surface area contributed by atoms with E-state index in [9.17, 15) is 4.79 Å². The van der Waals surface area contributed by atoms with E-state index < -0.39 is 0 Å². The van der Waals surface area contributed by atoms with E-state index in [1.165, 1.54) is 7.11 Å². The number of ether oxygens (including phenoxy) is 1. The first-order chi connectivity index (χ1) is 10.2. The molecule has 21 heavy (non-hydrogen) atoms. The Morgan fingerprint density at radius 3 is 2.52 bits per heavy atom. The van der Waals surface area contributed by atoms with Crippen molar-refractivity contribution in [2.24, 2.45) is 0 Å². The van der Waals surface area contributed by atoms with Crippen LogP contribution in [0.4, 0.5) is 5.69 Å². The van der Waals surface area contributed by atoms with Gasteiger partial charge in [0.15, 0.2) is 5.75 Å². The van der Waals surface area contributed by atoms with Crippen LogP contribution < -0.4 is 15.8 Å². The van der Waals surface area contributed by atoms with E-state index in [0.717, 1.165) is 12.0 Å². The molecule has 1 unspecified atom stereocenters. The number of hydrogen-bond donors (Lipinski definition) is 2. The van der Waals surface area contributed by atoms with Crippen molar-refractivity contribution in [2.45, 2.75) is 19.4 Å². The summed E-state index contributed by atoms with van der Waals surface area (Å²) in [7, 11) is 1.51. The first kappa shape index (κ1) is 14.9. The number of nitrogens with one attached hydrogen (secondary N) is 1. The highest BCUT2D eigenvalue weighted by Crippen LogP contribution is 2.26. The van der Waals surface area contributed by atoms with E-state index in [1.807, 2.05) is 37.3 Å². The first-order valence-electron chi connectivity index (χ1n) is 6.95. The van der Waals surface area contributed by atoms with Gasteiger partial charge in [0.25, 0.3) is 5.91 Å².